The molecule has 0 amide bonds. The molecule has 0 aliphatic carbocycles. The Balaban J connectivity index is 2.18. The summed E-state index contributed by atoms with van der Waals surface area (Å²) in [6.07, 6.45) is 4.01. The average molecular weight is 370 g/mol. The number of pyridine rings is 2. The predicted molar refractivity (Wildman–Crippen MR) is 95.1 cm³/mol. The Kier molecular flexibility index (Phi) is 4.40. The number of sulfonamides is 1. The molecule has 132 valence electrons. The van der Waals surface area contributed by atoms with Gasteiger partial charge in [-0.25, -0.2) is 23.4 Å². The van der Waals surface area contributed by atoms with Crippen molar-refractivity contribution in [3.8, 4) is 6.07 Å². The molecule has 3 aromatic heterocycles. The van der Waals surface area contributed by atoms with E-state index in [1.807, 2.05) is 6.07 Å². The Morgan fingerprint density at radius 1 is 1.27 bits per heavy atom. The summed E-state index contributed by atoms with van der Waals surface area (Å²) < 4.78 is 26.1. The molecule has 0 bridgehead atoms. The summed E-state index contributed by atoms with van der Waals surface area (Å²) in [5.41, 5.74) is 0.477. The number of hydrogen-bond acceptors (Lipinski definition) is 7. The molecule has 3 rings (SSSR count). The van der Waals surface area contributed by atoms with Crippen molar-refractivity contribution >= 4 is 26.9 Å². The highest BCUT2D eigenvalue weighted by Crippen LogP contribution is 2.20. The van der Waals surface area contributed by atoms with Gasteiger partial charge in [-0.15, -0.1) is 0 Å². The number of anilines is 1. The molecule has 0 unspecified atom stereocenters. The SMILES string of the molecule is CN(c1ncccc1Cn1c(=O)ccc2cnc(C#N)nc21)S(C)(=O)=O. The Bertz CT molecular complexity index is 1200. The number of fused-ring (bicyclic) bond motifs is 1. The van der Waals surface area contributed by atoms with Crippen molar-refractivity contribution in [2.45, 2.75) is 6.54 Å². The van der Waals surface area contributed by atoms with Crippen LogP contribution in [0.4, 0.5) is 5.82 Å². The zero-order chi connectivity index (χ0) is 18.9. The quantitative estimate of drug-likeness (QED) is 0.655. The molecule has 9 nitrogen and oxygen atoms in total. The van der Waals surface area contributed by atoms with Crippen LogP contribution < -0.4 is 9.86 Å². The largest absolute Gasteiger partial charge is 0.288 e. The molecule has 0 atom stereocenters. The fourth-order valence-corrected chi connectivity index (χ4v) is 2.92. The summed E-state index contributed by atoms with van der Waals surface area (Å²) in [7, 11) is -2.13. The van der Waals surface area contributed by atoms with Gasteiger partial charge in [0.05, 0.1) is 12.8 Å². The van der Waals surface area contributed by atoms with Crippen LogP contribution in [-0.2, 0) is 16.6 Å². The second-order valence-electron chi connectivity index (χ2n) is 5.56. The van der Waals surface area contributed by atoms with Gasteiger partial charge in [0.1, 0.15) is 17.5 Å². The lowest BCUT2D eigenvalue weighted by Crippen LogP contribution is -2.28. The molecular weight excluding hydrogens is 356 g/mol. The van der Waals surface area contributed by atoms with Crippen LogP contribution in [-0.4, -0.2) is 41.2 Å². The first-order valence-corrected chi connectivity index (χ1v) is 9.30. The molecule has 0 spiro atoms. The van der Waals surface area contributed by atoms with Crippen LogP contribution in [0.1, 0.15) is 11.4 Å². The van der Waals surface area contributed by atoms with Crippen LogP contribution in [0.25, 0.3) is 11.0 Å². The molecule has 3 aromatic rings. The topological polar surface area (TPSA) is 122 Å². The first kappa shape index (κ1) is 17.5. The lowest BCUT2D eigenvalue weighted by Gasteiger charge is -2.19. The number of hydrogen-bond donors (Lipinski definition) is 0. The normalized spacial score (nSPS) is 11.3. The number of nitriles is 1. The van der Waals surface area contributed by atoms with Crippen molar-refractivity contribution in [3.63, 3.8) is 0 Å². The van der Waals surface area contributed by atoms with Crippen LogP contribution in [0, 0.1) is 11.3 Å². The maximum absolute atomic E-state index is 12.4. The minimum absolute atomic E-state index is 0.0427. The van der Waals surface area contributed by atoms with Crippen LogP contribution in [0.5, 0.6) is 0 Å². The molecule has 0 N–H and O–H groups in total. The van der Waals surface area contributed by atoms with Crippen LogP contribution in [0.15, 0.2) is 41.5 Å². The van der Waals surface area contributed by atoms with E-state index < -0.39 is 10.0 Å². The second-order valence-corrected chi connectivity index (χ2v) is 7.57. The highest BCUT2D eigenvalue weighted by Gasteiger charge is 2.18. The van der Waals surface area contributed by atoms with Gasteiger partial charge in [-0.05, 0) is 12.1 Å². The standard InChI is InChI=1S/C16H14N6O3S/c1-21(26(2,24)25)15-12(4-3-7-18-15)10-22-14(23)6-5-11-9-19-13(8-17)20-16(11)22/h3-7,9H,10H2,1-2H3. The lowest BCUT2D eigenvalue weighted by atomic mass is 10.2. The van der Waals surface area contributed by atoms with Crippen LogP contribution >= 0.6 is 0 Å². The molecule has 0 fully saturated rings. The van der Waals surface area contributed by atoms with Gasteiger partial charge in [0.2, 0.25) is 15.8 Å². The van der Waals surface area contributed by atoms with E-state index in [1.54, 1.807) is 18.2 Å². The molecule has 0 saturated carbocycles. The van der Waals surface area contributed by atoms with Crippen LogP contribution in [0.2, 0.25) is 0 Å². The van der Waals surface area contributed by atoms with Crippen molar-refractivity contribution in [1.82, 2.24) is 19.5 Å². The van der Waals surface area contributed by atoms with E-state index in [0.29, 0.717) is 16.6 Å². The third kappa shape index (κ3) is 3.25. The number of aromatic nitrogens is 4. The van der Waals surface area contributed by atoms with Gasteiger partial charge in [-0.3, -0.25) is 13.7 Å². The van der Waals surface area contributed by atoms with E-state index in [-0.39, 0.29) is 23.7 Å². The Hall–Kier alpha value is -3.32. The highest BCUT2D eigenvalue weighted by atomic mass is 32.2. The summed E-state index contributed by atoms with van der Waals surface area (Å²) in [5.74, 6) is 0.157. The maximum atomic E-state index is 12.4. The van der Waals surface area contributed by atoms with Crippen molar-refractivity contribution in [2.75, 3.05) is 17.6 Å². The summed E-state index contributed by atoms with van der Waals surface area (Å²) >= 11 is 0. The van der Waals surface area contributed by atoms with E-state index in [0.717, 1.165) is 10.6 Å². The molecule has 0 aromatic carbocycles. The van der Waals surface area contributed by atoms with Crippen molar-refractivity contribution in [1.29, 1.82) is 5.26 Å². The van der Waals surface area contributed by atoms with E-state index in [4.69, 9.17) is 5.26 Å². The van der Waals surface area contributed by atoms with E-state index in [9.17, 15) is 13.2 Å². The molecule has 0 aliphatic heterocycles. The minimum Gasteiger partial charge on any atom is -0.288 e. The van der Waals surface area contributed by atoms with Gasteiger partial charge >= 0.3 is 0 Å². The lowest BCUT2D eigenvalue weighted by molar-refractivity contribution is 0.599. The molecule has 26 heavy (non-hydrogen) atoms. The fourth-order valence-electron chi connectivity index (χ4n) is 2.44. The number of rotatable bonds is 4. The van der Waals surface area contributed by atoms with Crippen molar-refractivity contribution in [2.24, 2.45) is 0 Å². The third-order valence-electron chi connectivity index (χ3n) is 3.81. The first-order valence-electron chi connectivity index (χ1n) is 7.46. The van der Waals surface area contributed by atoms with Gasteiger partial charge in [0.15, 0.2) is 0 Å². The van der Waals surface area contributed by atoms with E-state index >= 15 is 0 Å². The Labute approximate surface area is 149 Å². The molecule has 3 heterocycles. The molecule has 0 radical (unpaired) electrons. The van der Waals surface area contributed by atoms with Crippen molar-refractivity contribution in [3.05, 3.63) is 58.4 Å². The second kappa shape index (κ2) is 6.53. The zero-order valence-corrected chi connectivity index (χ0v) is 14.8. The minimum atomic E-state index is -3.52. The summed E-state index contributed by atoms with van der Waals surface area (Å²) in [6, 6.07) is 8.12. The number of nitrogens with zero attached hydrogens (tertiary/aromatic N) is 6. The third-order valence-corrected chi connectivity index (χ3v) is 4.98. The highest BCUT2D eigenvalue weighted by molar-refractivity contribution is 7.92. The van der Waals surface area contributed by atoms with Gasteiger partial charge in [0, 0.05) is 36.5 Å². The Morgan fingerprint density at radius 2 is 2.04 bits per heavy atom. The zero-order valence-electron chi connectivity index (χ0n) is 14.0. The molecular formula is C16H14N6O3S. The fraction of sp³-hybridized carbons (Fsp3) is 0.188. The summed E-state index contributed by atoms with van der Waals surface area (Å²) in [5, 5.41) is 9.60. The Morgan fingerprint density at radius 3 is 2.73 bits per heavy atom. The van der Waals surface area contributed by atoms with Gasteiger partial charge in [0.25, 0.3) is 5.56 Å². The van der Waals surface area contributed by atoms with Gasteiger partial charge in [-0.2, -0.15) is 5.26 Å². The van der Waals surface area contributed by atoms with Crippen LogP contribution in [0.3, 0.4) is 0 Å². The summed E-state index contributed by atoms with van der Waals surface area (Å²) in [6.45, 7) is 0.0427. The monoisotopic (exact) mass is 370 g/mol. The van der Waals surface area contributed by atoms with Gasteiger partial charge < -0.3 is 0 Å². The molecule has 10 heteroatoms. The van der Waals surface area contributed by atoms with Gasteiger partial charge in [-0.1, -0.05) is 6.07 Å². The van der Waals surface area contributed by atoms with E-state index in [1.165, 1.54) is 30.1 Å². The maximum Gasteiger partial charge on any atom is 0.252 e. The van der Waals surface area contributed by atoms with Crippen molar-refractivity contribution < 1.29 is 8.42 Å². The molecule has 0 saturated heterocycles. The average Bonchev–Trinajstić information content (AvgIpc) is 2.62. The van der Waals surface area contributed by atoms with E-state index in [2.05, 4.69) is 15.0 Å². The molecule has 0 aliphatic rings. The smallest absolute Gasteiger partial charge is 0.252 e. The predicted octanol–water partition coefficient (Wildman–Crippen LogP) is 0.502. The first-order chi connectivity index (χ1) is 12.3. The summed E-state index contributed by atoms with van der Waals surface area (Å²) in [4.78, 5) is 24.5.